The second kappa shape index (κ2) is 6.71. The largest absolute Gasteiger partial charge is 0.508 e. The summed E-state index contributed by atoms with van der Waals surface area (Å²) in [6.45, 7) is 0.907. The van der Waals surface area contributed by atoms with Crippen LogP contribution in [-0.4, -0.2) is 17.1 Å². The minimum Gasteiger partial charge on any atom is -0.508 e. The number of benzene rings is 2. The van der Waals surface area contributed by atoms with Crippen molar-refractivity contribution < 1.29 is 14.8 Å². The van der Waals surface area contributed by atoms with Crippen molar-refractivity contribution in [2.45, 2.75) is 13.1 Å². The molecular formula is C15H16N2O4. The van der Waals surface area contributed by atoms with Gasteiger partial charge in [-0.3, -0.25) is 10.1 Å². The standard InChI is InChI=1S/C15H16N2O4/c1-21-14-5-6-15(18)12(8-14)10-16-9-11-3-2-4-13(7-11)17(19)20/h2-8,16,18H,9-10H2,1H3. The van der Waals surface area contributed by atoms with Crippen LogP contribution in [0.5, 0.6) is 11.5 Å². The second-order valence-electron chi connectivity index (χ2n) is 4.53. The predicted octanol–water partition coefficient (Wildman–Crippen LogP) is 2.60. The van der Waals surface area contributed by atoms with Gasteiger partial charge in [0.25, 0.3) is 5.69 Å². The van der Waals surface area contributed by atoms with E-state index in [4.69, 9.17) is 4.74 Å². The molecule has 0 aliphatic carbocycles. The van der Waals surface area contributed by atoms with Gasteiger partial charge in [0.15, 0.2) is 0 Å². The van der Waals surface area contributed by atoms with Crippen molar-refractivity contribution in [1.82, 2.24) is 5.32 Å². The van der Waals surface area contributed by atoms with E-state index < -0.39 is 4.92 Å². The molecule has 2 N–H and O–H groups in total. The van der Waals surface area contributed by atoms with E-state index in [1.54, 1.807) is 31.4 Å². The SMILES string of the molecule is COc1ccc(O)c(CNCc2cccc([N+](=O)[O-])c2)c1. The molecule has 2 aromatic carbocycles. The van der Waals surface area contributed by atoms with Gasteiger partial charge in [-0.15, -0.1) is 0 Å². The monoisotopic (exact) mass is 288 g/mol. The van der Waals surface area contributed by atoms with E-state index in [2.05, 4.69) is 5.32 Å². The summed E-state index contributed by atoms with van der Waals surface area (Å²) in [5.41, 5.74) is 1.59. The smallest absolute Gasteiger partial charge is 0.269 e. The van der Waals surface area contributed by atoms with Gasteiger partial charge in [0.05, 0.1) is 12.0 Å². The Morgan fingerprint density at radius 3 is 2.76 bits per heavy atom. The Balaban J connectivity index is 1.98. The topological polar surface area (TPSA) is 84.6 Å². The zero-order valence-electron chi connectivity index (χ0n) is 11.6. The number of hydrogen-bond acceptors (Lipinski definition) is 5. The molecule has 0 atom stereocenters. The molecular weight excluding hydrogens is 272 g/mol. The van der Waals surface area contributed by atoms with Crippen LogP contribution in [0.2, 0.25) is 0 Å². The van der Waals surface area contributed by atoms with Crippen LogP contribution >= 0.6 is 0 Å². The van der Waals surface area contributed by atoms with Crippen LogP contribution in [-0.2, 0) is 13.1 Å². The maximum absolute atomic E-state index is 10.7. The van der Waals surface area contributed by atoms with Gasteiger partial charge >= 0.3 is 0 Å². The highest BCUT2D eigenvalue weighted by molar-refractivity contribution is 5.39. The summed E-state index contributed by atoms with van der Waals surface area (Å²) in [6.07, 6.45) is 0. The first-order valence-corrected chi connectivity index (χ1v) is 6.40. The molecule has 0 saturated carbocycles. The molecule has 6 nitrogen and oxygen atoms in total. The van der Waals surface area contributed by atoms with E-state index in [1.165, 1.54) is 12.1 Å². The van der Waals surface area contributed by atoms with Crippen molar-refractivity contribution in [3.8, 4) is 11.5 Å². The third kappa shape index (κ3) is 3.93. The summed E-state index contributed by atoms with van der Waals surface area (Å²) in [5, 5.41) is 23.6. The summed E-state index contributed by atoms with van der Waals surface area (Å²) in [4.78, 5) is 10.3. The maximum atomic E-state index is 10.7. The first-order chi connectivity index (χ1) is 10.1. The van der Waals surface area contributed by atoms with E-state index >= 15 is 0 Å². The number of aromatic hydroxyl groups is 1. The Hall–Kier alpha value is -2.60. The van der Waals surface area contributed by atoms with E-state index in [0.29, 0.717) is 24.4 Å². The molecule has 0 saturated heterocycles. The molecule has 21 heavy (non-hydrogen) atoms. The van der Waals surface area contributed by atoms with Gasteiger partial charge < -0.3 is 15.2 Å². The van der Waals surface area contributed by atoms with Crippen molar-refractivity contribution in [3.63, 3.8) is 0 Å². The van der Waals surface area contributed by atoms with Crippen molar-refractivity contribution >= 4 is 5.69 Å². The van der Waals surface area contributed by atoms with Gasteiger partial charge in [0, 0.05) is 30.8 Å². The van der Waals surface area contributed by atoms with Gasteiger partial charge in [-0.25, -0.2) is 0 Å². The minimum absolute atomic E-state index is 0.0681. The third-order valence-corrected chi connectivity index (χ3v) is 3.05. The molecule has 110 valence electrons. The lowest BCUT2D eigenvalue weighted by Crippen LogP contribution is -2.13. The molecule has 0 fully saturated rings. The Bertz CT molecular complexity index is 643. The molecule has 2 rings (SSSR count). The first-order valence-electron chi connectivity index (χ1n) is 6.40. The van der Waals surface area contributed by atoms with Gasteiger partial charge in [0.2, 0.25) is 0 Å². The fourth-order valence-electron chi connectivity index (χ4n) is 1.95. The Morgan fingerprint density at radius 2 is 2.05 bits per heavy atom. The predicted molar refractivity (Wildman–Crippen MR) is 78.3 cm³/mol. The summed E-state index contributed by atoms with van der Waals surface area (Å²) >= 11 is 0. The van der Waals surface area contributed by atoms with E-state index in [0.717, 1.165) is 5.56 Å². The number of phenols is 1. The van der Waals surface area contributed by atoms with E-state index in [1.807, 2.05) is 6.07 Å². The first kappa shape index (κ1) is 14.8. The lowest BCUT2D eigenvalue weighted by atomic mass is 10.1. The zero-order valence-corrected chi connectivity index (χ0v) is 11.6. The van der Waals surface area contributed by atoms with E-state index in [9.17, 15) is 15.2 Å². The van der Waals surface area contributed by atoms with Crippen LogP contribution in [0.3, 0.4) is 0 Å². The lowest BCUT2D eigenvalue weighted by molar-refractivity contribution is -0.384. The molecule has 2 aromatic rings. The molecule has 0 bridgehead atoms. The number of rotatable bonds is 6. The number of nitrogens with zero attached hydrogens (tertiary/aromatic N) is 1. The quantitative estimate of drug-likeness (QED) is 0.630. The fraction of sp³-hybridized carbons (Fsp3) is 0.200. The average molecular weight is 288 g/mol. The molecule has 0 aliphatic heterocycles. The lowest BCUT2D eigenvalue weighted by Gasteiger charge is -2.09. The summed E-state index contributed by atoms with van der Waals surface area (Å²) in [5.74, 6) is 0.849. The highest BCUT2D eigenvalue weighted by Crippen LogP contribution is 2.22. The van der Waals surface area contributed by atoms with Gasteiger partial charge in [-0.1, -0.05) is 12.1 Å². The molecule has 0 aromatic heterocycles. The maximum Gasteiger partial charge on any atom is 0.269 e. The van der Waals surface area contributed by atoms with Crippen LogP contribution in [0.15, 0.2) is 42.5 Å². The van der Waals surface area contributed by atoms with Crippen molar-refractivity contribution in [2.24, 2.45) is 0 Å². The van der Waals surface area contributed by atoms with Crippen LogP contribution in [0.1, 0.15) is 11.1 Å². The van der Waals surface area contributed by atoms with Gasteiger partial charge in [-0.2, -0.15) is 0 Å². The summed E-state index contributed by atoms with van der Waals surface area (Å²) in [7, 11) is 1.56. The molecule has 6 heteroatoms. The average Bonchev–Trinajstić information content (AvgIpc) is 2.49. The highest BCUT2D eigenvalue weighted by Gasteiger charge is 2.06. The molecule has 0 spiro atoms. The molecule has 0 amide bonds. The summed E-state index contributed by atoms with van der Waals surface area (Å²) in [6, 6.07) is 11.4. The van der Waals surface area contributed by atoms with Crippen LogP contribution in [0.4, 0.5) is 5.69 Å². The number of hydrogen-bond donors (Lipinski definition) is 2. The number of non-ortho nitro benzene ring substituents is 1. The number of methoxy groups -OCH3 is 1. The second-order valence-corrected chi connectivity index (χ2v) is 4.53. The molecule has 0 radical (unpaired) electrons. The number of nitro groups is 1. The Morgan fingerprint density at radius 1 is 1.24 bits per heavy atom. The molecule has 0 unspecified atom stereocenters. The molecule has 0 aliphatic rings. The van der Waals surface area contributed by atoms with Gasteiger partial charge in [0.1, 0.15) is 11.5 Å². The third-order valence-electron chi connectivity index (χ3n) is 3.05. The number of ether oxygens (including phenoxy) is 1. The van der Waals surface area contributed by atoms with E-state index in [-0.39, 0.29) is 11.4 Å². The Kier molecular flexibility index (Phi) is 4.73. The van der Waals surface area contributed by atoms with Crippen molar-refractivity contribution in [2.75, 3.05) is 7.11 Å². The fourth-order valence-corrected chi connectivity index (χ4v) is 1.95. The van der Waals surface area contributed by atoms with Crippen LogP contribution < -0.4 is 10.1 Å². The van der Waals surface area contributed by atoms with Crippen LogP contribution in [0, 0.1) is 10.1 Å². The summed E-state index contributed by atoms with van der Waals surface area (Å²) < 4.78 is 5.10. The van der Waals surface area contributed by atoms with Crippen LogP contribution in [0.25, 0.3) is 0 Å². The molecule has 0 heterocycles. The normalized spacial score (nSPS) is 10.3. The minimum atomic E-state index is -0.419. The van der Waals surface area contributed by atoms with Crippen molar-refractivity contribution in [3.05, 3.63) is 63.7 Å². The zero-order chi connectivity index (χ0) is 15.2. The number of phenolic OH excluding ortho intramolecular Hbond substituents is 1. The number of nitro benzene ring substituents is 1. The van der Waals surface area contributed by atoms with Crippen molar-refractivity contribution in [1.29, 1.82) is 0 Å². The number of nitrogens with one attached hydrogen (secondary N) is 1. The van der Waals surface area contributed by atoms with Gasteiger partial charge in [-0.05, 0) is 23.8 Å². The highest BCUT2D eigenvalue weighted by atomic mass is 16.6. The Labute approximate surface area is 122 Å².